The van der Waals surface area contributed by atoms with E-state index in [2.05, 4.69) is 9.88 Å². The van der Waals surface area contributed by atoms with Crippen molar-refractivity contribution in [1.82, 2.24) is 9.88 Å². The predicted octanol–water partition coefficient (Wildman–Crippen LogP) is 4.36. The molecule has 6 heteroatoms. The van der Waals surface area contributed by atoms with E-state index in [9.17, 15) is 4.79 Å². The number of nitrogens with zero attached hydrogens (tertiary/aromatic N) is 3. The molecule has 1 amide bonds. The number of aromatic nitrogens is 1. The number of hydrogen-bond donors (Lipinski definition) is 0. The summed E-state index contributed by atoms with van der Waals surface area (Å²) in [4.78, 5) is 21.3. The molecule has 1 aliphatic heterocycles. The Hall–Kier alpha value is -2.53. The van der Waals surface area contributed by atoms with E-state index in [1.165, 1.54) is 0 Å². The van der Waals surface area contributed by atoms with Crippen LogP contribution < -0.4 is 4.90 Å². The molecule has 1 saturated heterocycles. The molecule has 0 bridgehead atoms. The summed E-state index contributed by atoms with van der Waals surface area (Å²) in [6.45, 7) is 2.07. The second-order valence-electron chi connectivity index (χ2n) is 7.01. The summed E-state index contributed by atoms with van der Waals surface area (Å²) in [6.07, 6.45) is 1.59. The largest absolute Gasteiger partial charge is 0.423 e. The van der Waals surface area contributed by atoms with E-state index in [-0.39, 0.29) is 11.8 Å². The number of halogens is 1. The smallest absolute Gasteiger partial charge is 0.298 e. The highest BCUT2D eigenvalue weighted by atomic mass is 35.5. The minimum absolute atomic E-state index is 0.0260. The van der Waals surface area contributed by atoms with E-state index in [0.717, 1.165) is 42.6 Å². The Balaban J connectivity index is 1.36. The molecule has 1 aliphatic rings. The molecule has 5 nitrogen and oxygen atoms in total. The average Bonchev–Trinajstić information content (AvgIpc) is 3.13. The Morgan fingerprint density at radius 2 is 1.89 bits per heavy atom. The van der Waals surface area contributed by atoms with Crippen molar-refractivity contribution in [3.8, 4) is 0 Å². The van der Waals surface area contributed by atoms with Gasteiger partial charge in [-0.15, -0.1) is 0 Å². The number of rotatable bonds is 4. The lowest BCUT2D eigenvalue weighted by Crippen LogP contribution is -2.41. The summed E-state index contributed by atoms with van der Waals surface area (Å²) in [7, 11) is 1.85. The van der Waals surface area contributed by atoms with Crippen LogP contribution in [0.15, 0.2) is 52.9 Å². The molecule has 1 fully saturated rings. The lowest BCUT2D eigenvalue weighted by Gasteiger charge is -2.32. The van der Waals surface area contributed by atoms with Crippen LogP contribution in [0.1, 0.15) is 18.4 Å². The zero-order valence-corrected chi connectivity index (χ0v) is 16.0. The molecule has 1 aromatic heterocycles. The topological polar surface area (TPSA) is 49.6 Å². The van der Waals surface area contributed by atoms with Gasteiger partial charge in [-0.05, 0) is 36.6 Å². The Kier molecular flexibility index (Phi) is 5.03. The van der Waals surface area contributed by atoms with Crippen LogP contribution in [0.5, 0.6) is 0 Å². The Morgan fingerprint density at radius 3 is 2.63 bits per heavy atom. The molecule has 0 aliphatic carbocycles. The van der Waals surface area contributed by atoms with Crippen molar-refractivity contribution in [2.45, 2.75) is 19.4 Å². The van der Waals surface area contributed by atoms with Crippen molar-refractivity contribution < 1.29 is 9.21 Å². The third-order valence-electron chi connectivity index (χ3n) is 5.14. The number of oxazole rings is 1. The number of piperidine rings is 1. The first-order chi connectivity index (χ1) is 13.1. The Bertz CT molecular complexity index is 914. The van der Waals surface area contributed by atoms with E-state index in [4.69, 9.17) is 16.0 Å². The zero-order chi connectivity index (χ0) is 18.8. The standard InChI is InChI=1S/C21H22ClN3O2/c1-24(14-16-6-2-3-7-17(16)22)20(26)15-10-12-25(13-11-15)21-23-18-8-4-5-9-19(18)27-21/h2-9,15H,10-14H2,1H3. The maximum Gasteiger partial charge on any atom is 0.298 e. The zero-order valence-electron chi connectivity index (χ0n) is 15.3. The summed E-state index contributed by atoms with van der Waals surface area (Å²) < 4.78 is 5.85. The van der Waals surface area contributed by atoms with Gasteiger partial charge < -0.3 is 14.2 Å². The van der Waals surface area contributed by atoms with Crippen LogP contribution in [0.4, 0.5) is 6.01 Å². The van der Waals surface area contributed by atoms with Gasteiger partial charge in [0, 0.05) is 37.6 Å². The fourth-order valence-electron chi connectivity index (χ4n) is 3.58. The van der Waals surface area contributed by atoms with Gasteiger partial charge in [-0.3, -0.25) is 4.79 Å². The maximum atomic E-state index is 12.8. The van der Waals surface area contributed by atoms with Crippen LogP contribution in [-0.4, -0.2) is 35.9 Å². The Labute approximate surface area is 163 Å². The van der Waals surface area contributed by atoms with Crippen LogP contribution in [0.3, 0.4) is 0 Å². The predicted molar refractivity (Wildman–Crippen MR) is 107 cm³/mol. The van der Waals surface area contributed by atoms with Crippen molar-refractivity contribution in [3.05, 3.63) is 59.1 Å². The highest BCUT2D eigenvalue weighted by Gasteiger charge is 2.29. The molecule has 0 radical (unpaired) electrons. The monoisotopic (exact) mass is 383 g/mol. The molecule has 2 heterocycles. The highest BCUT2D eigenvalue weighted by Crippen LogP contribution is 2.27. The molecule has 3 aromatic rings. The van der Waals surface area contributed by atoms with Crippen LogP contribution in [0, 0.1) is 5.92 Å². The minimum atomic E-state index is 0.0260. The molecule has 0 atom stereocenters. The van der Waals surface area contributed by atoms with Gasteiger partial charge in [-0.2, -0.15) is 4.98 Å². The van der Waals surface area contributed by atoms with E-state index < -0.39 is 0 Å². The van der Waals surface area contributed by atoms with E-state index in [1.807, 2.05) is 55.6 Å². The molecule has 0 unspecified atom stereocenters. The molecule has 140 valence electrons. The summed E-state index contributed by atoms with van der Waals surface area (Å²) in [5.41, 5.74) is 2.63. The van der Waals surface area contributed by atoms with Gasteiger partial charge in [-0.25, -0.2) is 0 Å². The molecular weight excluding hydrogens is 362 g/mol. The van der Waals surface area contributed by atoms with Gasteiger partial charge in [0.1, 0.15) is 5.52 Å². The van der Waals surface area contributed by atoms with Crippen LogP contribution in [0.25, 0.3) is 11.1 Å². The first-order valence-electron chi connectivity index (χ1n) is 9.21. The first kappa shape index (κ1) is 17.9. The number of hydrogen-bond acceptors (Lipinski definition) is 4. The fourth-order valence-corrected chi connectivity index (χ4v) is 3.78. The van der Waals surface area contributed by atoms with Crippen molar-refractivity contribution >= 4 is 34.6 Å². The maximum absolute atomic E-state index is 12.8. The third kappa shape index (κ3) is 3.78. The van der Waals surface area contributed by atoms with E-state index >= 15 is 0 Å². The van der Waals surface area contributed by atoms with Gasteiger partial charge in [-0.1, -0.05) is 41.9 Å². The summed E-state index contributed by atoms with van der Waals surface area (Å²) in [5.74, 6) is 0.199. The highest BCUT2D eigenvalue weighted by molar-refractivity contribution is 6.31. The lowest BCUT2D eigenvalue weighted by atomic mass is 9.95. The summed E-state index contributed by atoms with van der Waals surface area (Å²) in [5, 5.41) is 0.697. The summed E-state index contributed by atoms with van der Waals surface area (Å²) >= 11 is 6.22. The molecule has 27 heavy (non-hydrogen) atoms. The normalized spacial score (nSPS) is 15.3. The average molecular weight is 384 g/mol. The number of anilines is 1. The van der Waals surface area contributed by atoms with Crippen molar-refractivity contribution in [2.24, 2.45) is 5.92 Å². The number of amides is 1. The molecule has 0 N–H and O–H groups in total. The number of para-hydroxylation sites is 2. The number of fused-ring (bicyclic) bond motifs is 1. The van der Waals surface area contributed by atoms with Crippen LogP contribution in [-0.2, 0) is 11.3 Å². The van der Waals surface area contributed by atoms with E-state index in [0.29, 0.717) is 17.6 Å². The van der Waals surface area contributed by atoms with Gasteiger partial charge in [0.25, 0.3) is 6.01 Å². The molecule has 4 rings (SSSR count). The van der Waals surface area contributed by atoms with Crippen molar-refractivity contribution in [3.63, 3.8) is 0 Å². The van der Waals surface area contributed by atoms with E-state index in [1.54, 1.807) is 4.90 Å². The van der Waals surface area contributed by atoms with Crippen LogP contribution >= 0.6 is 11.6 Å². The molecule has 0 spiro atoms. The van der Waals surface area contributed by atoms with Crippen LogP contribution in [0.2, 0.25) is 5.02 Å². The third-order valence-corrected chi connectivity index (χ3v) is 5.51. The minimum Gasteiger partial charge on any atom is -0.423 e. The number of carbonyl (C=O) groups excluding carboxylic acids is 1. The molecular formula is C21H22ClN3O2. The number of benzene rings is 2. The second kappa shape index (κ2) is 7.61. The van der Waals surface area contributed by atoms with Crippen molar-refractivity contribution in [1.29, 1.82) is 0 Å². The summed E-state index contributed by atoms with van der Waals surface area (Å²) in [6, 6.07) is 16.1. The van der Waals surface area contributed by atoms with Gasteiger partial charge in [0.15, 0.2) is 5.58 Å². The fraction of sp³-hybridized carbons (Fsp3) is 0.333. The van der Waals surface area contributed by atoms with Crippen molar-refractivity contribution in [2.75, 3.05) is 25.0 Å². The quantitative estimate of drug-likeness (QED) is 0.671. The van der Waals surface area contributed by atoms with Gasteiger partial charge in [0.05, 0.1) is 0 Å². The molecule has 2 aromatic carbocycles. The second-order valence-corrected chi connectivity index (χ2v) is 7.42. The Morgan fingerprint density at radius 1 is 1.19 bits per heavy atom. The first-order valence-corrected chi connectivity index (χ1v) is 9.58. The number of carbonyl (C=O) groups is 1. The van der Waals surface area contributed by atoms with Gasteiger partial charge >= 0.3 is 0 Å². The van der Waals surface area contributed by atoms with Gasteiger partial charge in [0.2, 0.25) is 5.91 Å². The SMILES string of the molecule is CN(Cc1ccccc1Cl)C(=O)C1CCN(c2nc3ccccc3o2)CC1. The lowest BCUT2D eigenvalue weighted by molar-refractivity contribution is -0.135. The molecule has 0 saturated carbocycles.